The Kier molecular flexibility index (Phi) is 12.7. The number of nitrogens with one attached hydrogen (secondary N) is 3. The number of pyridine rings is 1. The van der Waals surface area contributed by atoms with Crippen molar-refractivity contribution in [3.05, 3.63) is 63.8 Å². The minimum absolute atomic E-state index is 0.0782. The number of nitrogens with zero attached hydrogens (tertiary/aromatic N) is 3. The summed E-state index contributed by atoms with van der Waals surface area (Å²) in [5.74, 6) is -0.117. The number of unbranched alkanes of at least 4 members (excludes halogenated alkanes) is 1. The van der Waals surface area contributed by atoms with Crippen LogP contribution in [0.2, 0.25) is 10.0 Å². The number of hydrogen-bond donors (Lipinski definition) is 5. The smallest absolute Gasteiger partial charge is 0.243 e. The number of sulfonamides is 1. The first kappa shape index (κ1) is 38.1. The predicted octanol–water partition coefficient (Wildman–Crippen LogP) is 3.53. The number of para-hydroxylation sites is 1. The summed E-state index contributed by atoms with van der Waals surface area (Å²) in [5.41, 5.74) is 11.6. The molecule has 16 heteroatoms. The van der Waals surface area contributed by atoms with Crippen LogP contribution < -0.4 is 26.2 Å². The van der Waals surface area contributed by atoms with Crippen molar-refractivity contribution in [2.24, 2.45) is 11.5 Å². The second-order valence-electron chi connectivity index (χ2n) is 12.6. The summed E-state index contributed by atoms with van der Waals surface area (Å²) in [6.45, 7) is 6.40. The fourth-order valence-electron chi connectivity index (χ4n) is 5.60. The van der Waals surface area contributed by atoms with Crippen LogP contribution in [0.3, 0.4) is 0 Å². The molecule has 1 aliphatic rings. The Labute approximate surface area is 297 Å². The molecular formula is C33H44Cl2N8O5S. The molecule has 0 aliphatic carbocycles. The summed E-state index contributed by atoms with van der Waals surface area (Å²) in [4.78, 5) is 33.9. The second-order valence-corrected chi connectivity index (χ2v) is 15.0. The van der Waals surface area contributed by atoms with Crippen LogP contribution in [-0.4, -0.2) is 85.3 Å². The fourth-order valence-corrected chi connectivity index (χ4v) is 7.86. The first-order valence-corrected chi connectivity index (χ1v) is 18.2. The molecule has 4 rings (SSSR count). The molecule has 0 spiro atoms. The molecule has 1 fully saturated rings. The minimum atomic E-state index is -4.30. The van der Waals surface area contributed by atoms with E-state index in [-0.39, 0.29) is 64.5 Å². The number of carbonyl (C=O) groups is 2. The lowest BCUT2D eigenvalue weighted by molar-refractivity contribution is -0.142. The summed E-state index contributed by atoms with van der Waals surface area (Å²) < 4.78 is 35.8. The highest BCUT2D eigenvalue weighted by Crippen LogP contribution is 2.34. The van der Waals surface area contributed by atoms with Crippen molar-refractivity contribution >= 4 is 61.9 Å². The number of ether oxygens (including phenoxy) is 1. The molecule has 0 radical (unpaired) electrons. The number of aromatic nitrogens is 1. The molecule has 2 aromatic carbocycles. The van der Waals surface area contributed by atoms with Gasteiger partial charge in [-0.05, 0) is 57.9 Å². The van der Waals surface area contributed by atoms with Crippen molar-refractivity contribution in [3.8, 4) is 5.75 Å². The van der Waals surface area contributed by atoms with Crippen molar-refractivity contribution in [2.45, 2.75) is 69.5 Å². The lowest BCUT2D eigenvalue weighted by Crippen LogP contribution is -2.60. The standard InChI is InChI=1S/C33H44Cl2N8O5S/c1-21-10-11-22-7-6-9-26(30(22)40-21)48-20-24-25(34)12-13-27(29(24)35)49(46,47)41-33(2,3)31(45)43-17-15-42(16-18-43)28(44)19-23(36)8-4-5-14-39-32(37)38/h6-7,9-13,23,41H,4-5,8,14-20,36H2,1-3H3,(H4,37,38,39). The van der Waals surface area contributed by atoms with E-state index in [2.05, 4.69) is 15.0 Å². The molecule has 0 saturated carbocycles. The van der Waals surface area contributed by atoms with Crippen LogP contribution in [0.25, 0.3) is 10.9 Å². The molecule has 1 aromatic heterocycles. The zero-order chi connectivity index (χ0) is 35.9. The molecule has 49 heavy (non-hydrogen) atoms. The van der Waals surface area contributed by atoms with Crippen molar-refractivity contribution in [3.63, 3.8) is 0 Å². The fraction of sp³-hybridized carbons (Fsp3) is 0.455. The second kappa shape index (κ2) is 16.3. The van der Waals surface area contributed by atoms with E-state index in [1.165, 1.54) is 30.9 Å². The summed E-state index contributed by atoms with van der Waals surface area (Å²) in [6.07, 6.45) is 2.42. The molecule has 3 aromatic rings. The lowest BCUT2D eigenvalue weighted by atomic mass is 10.0. The van der Waals surface area contributed by atoms with Gasteiger partial charge in [-0.3, -0.25) is 15.0 Å². The number of aryl methyl sites for hydroxylation is 1. The maximum absolute atomic E-state index is 13.6. The number of fused-ring (bicyclic) bond motifs is 1. The van der Waals surface area contributed by atoms with Crippen LogP contribution in [-0.2, 0) is 26.2 Å². The minimum Gasteiger partial charge on any atom is -0.487 e. The van der Waals surface area contributed by atoms with E-state index in [0.717, 1.165) is 23.9 Å². The van der Waals surface area contributed by atoms with E-state index in [0.29, 0.717) is 37.3 Å². The van der Waals surface area contributed by atoms with Crippen LogP contribution in [0.4, 0.5) is 0 Å². The summed E-state index contributed by atoms with van der Waals surface area (Å²) >= 11 is 13.1. The molecule has 2 amide bonds. The maximum Gasteiger partial charge on any atom is 0.243 e. The summed E-state index contributed by atoms with van der Waals surface area (Å²) in [6, 6.07) is 11.8. The number of carbonyl (C=O) groups excluding carboxylic acids is 2. The molecular weight excluding hydrogens is 691 g/mol. The van der Waals surface area contributed by atoms with Gasteiger partial charge in [-0.1, -0.05) is 47.8 Å². The highest BCUT2D eigenvalue weighted by Gasteiger charge is 2.39. The van der Waals surface area contributed by atoms with Gasteiger partial charge in [0.05, 0.1) is 5.02 Å². The number of benzene rings is 2. The Morgan fingerprint density at radius 2 is 1.76 bits per heavy atom. The highest BCUT2D eigenvalue weighted by atomic mass is 35.5. The van der Waals surface area contributed by atoms with Gasteiger partial charge in [-0.25, -0.2) is 13.4 Å². The van der Waals surface area contributed by atoms with Crippen molar-refractivity contribution in [2.75, 3.05) is 32.7 Å². The zero-order valence-electron chi connectivity index (χ0n) is 27.9. The molecule has 13 nitrogen and oxygen atoms in total. The third-order valence-corrected chi connectivity index (χ3v) is 10.8. The van der Waals surface area contributed by atoms with E-state index >= 15 is 0 Å². The number of amides is 2. The number of halogens is 2. The number of guanidine groups is 1. The van der Waals surface area contributed by atoms with Gasteiger partial charge < -0.3 is 31.3 Å². The summed E-state index contributed by atoms with van der Waals surface area (Å²) in [7, 11) is -4.30. The third kappa shape index (κ3) is 9.94. The van der Waals surface area contributed by atoms with Gasteiger partial charge in [0.1, 0.15) is 28.3 Å². The van der Waals surface area contributed by atoms with Gasteiger partial charge in [0, 0.05) is 66.9 Å². The average molecular weight is 736 g/mol. The molecule has 1 aliphatic heterocycles. The summed E-state index contributed by atoms with van der Waals surface area (Å²) in [5, 5.41) is 10.9. The number of rotatable bonds is 14. The highest BCUT2D eigenvalue weighted by molar-refractivity contribution is 7.89. The van der Waals surface area contributed by atoms with Crippen LogP contribution >= 0.6 is 23.2 Å². The van der Waals surface area contributed by atoms with E-state index in [9.17, 15) is 18.0 Å². The Morgan fingerprint density at radius 3 is 2.45 bits per heavy atom. The third-order valence-electron chi connectivity index (χ3n) is 8.23. The SMILES string of the molecule is Cc1ccc2cccc(OCc3c(Cl)ccc(S(=O)(=O)NC(C)(C)C(=O)N4CCN(C(=O)CC(N)CCCCNC(=N)N)CC4)c3Cl)c2n1. The topological polar surface area (TPSA) is 197 Å². The Balaban J connectivity index is 1.35. The first-order valence-electron chi connectivity index (χ1n) is 16.0. The molecule has 1 saturated heterocycles. The Morgan fingerprint density at radius 1 is 1.06 bits per heavy atom. The van der Waals surface area contributed by atoms with E-state index in [4.69, 9.17) is 44.8 Å². The van der Waals surface area contributed by atoms with Gasteiger partial charge in [0.25, 0.3) is 0 Å². The lowest BCUT2D eigenvalue weighted by Gasteiger charge is -2.39. The largest absolute Gasteiger partial charge is 0.487 e. The molecule has 0 bridgehead atoms. The van der Waals surface area contributed by atoms with E-state index in [1.807, 2.05) is 31.2 Å². The van der Waals surface area contributed by atoms with Crippen molar-refractivity contribution in [1.29, 1.82) is 5.41 Å². The first-order chi connectivity index (χ1) is 23.1. The quantitative estimate of drug-likeness (QED) is 0.0935. The van der Waals surface area contributed by atoms with Gasteiger partial charge in [0.15, 0.2) is 5.96 Å². The van der Waals surface area contributed by atoms with Crippen LogP contribution in [0.5, 0.6) is 5.75 Å². The molecule has 1 atom stereocenters. The van der Waals surface area contributed by atoms with Gasteiger partial charge in [-0.15, -0.1) is 0 Å². The van der Waals surface area contributed by atoms with Crippen molar-refractivity contribution < 1.29 is 22.7 Å². The molecule has 7 N–H and O–H groups in total. The van der Waals surface area contributed by atoms with Crippen LogP contribution in [0, 0.1) is 12.3 Å². The monoisotopic (exact) mass is 734 g/mol. The number of piperazine rings is 1. The predicted molar refractivity (Wildman–Crippen MR) is 191 cm³/mol. The van der Waals surface area contributed by atoms with E-state index < -0.39 is 21.5 Å². The maximum atomic E-state index is 13.6. The van der Waals surface area contributed by atoms with Gasteiger partial charge >= 0.3 is 0 Å². The zero-order valence-corrected chi connectivity index (χ0v) is 30.2. The molecule has 2 heterocycles. The Bertz CT molecular complexity index is 1800. The van der Waals surface area contributed by atoms with Gasteiger partial charge in [0.2, 0.25) is 21.8 Å². The Hall–Kier alpha value is -3.69. The number of hydrogen-bond acceptors (Lipinski definition) is 8. The van der Waals surface area contributed by atoms with E-state index in [1.54, 1.807) is 11.0 Å². The normalized spacial score (nSPS) is 14.5. The van der Waals surface area contributed by atoms with Crippen molar-refractivity contribution in [1.82, 2.24) is 24.8 Å². The number of nitrogens with two attached hydrogens (primary N) is 2. The average Bonchev–Trinajstić information content (AvgIpc) is 3.03. The van der Waals surface area contributed by atoms with Gasteiger partial charge in [-0.2, -0.15) is 4.72 Å². The molecule has 266 valence electrons. The van der Waals surface area contributed by atoms with Crippen LogP contribution in [0.1, 0.15) is 50.8 Å². The molecule has 1 unspecified atom stereocenters. The van der Waals surface area contributed by atoms with Crippen LogP contribution in [0.15, 0.2) is 47.4 Å².